The molecule has 4 rings (SSSR count). The van der Waals surface area contributed by atoms with E-state index >= 15 is 0 Å². The van der Waals surface area contributed by atoms with E-state index in [1.165, 1.54) is 6.07 Å². The minimum Gasteiger partial charge on any atom is -0.545 e. The molecule has 0 amide bonds. The van der Waals surface area contributed by atoms with Crippen molar-refractivity contribution < 1.29 is 19.1 Å². The number of ether oxygens (including phenoxy) is 1. The summed E-state index contributed by atoms with van der Waals surface area (Å²) in [5.74, 6) is 5.31. The van der Waals surface area contributed by atoms with Gasteiger partial charge in [0.1, 0.15) is 17.1 Å². The summed E-state index contributed by atoms with van der Waals surface area (Å²) < 4.78 is 11.3. The summed E-state index contributed by atoms with van der Waals surface area (Å²) in [6, 6.07) is 17.4. The van der Waals surface area contributed by atoms with Crippen LogP contribution in [0.3, 0.4) is 0 Å². The van der Waals surface area contributed by atoms with E-state index in [9.17, 15) is 9.90 Å². The van der Waals surface area contributed by atoms with Gasteiger partial charge in [-0.25, -0.2) is 0 Å². The van der Waals surface area contributed by atoms with Gasteiger partial charge in [-0.3, -0.25) is 0 Å². The van der Waals surface area contributed by atoms with Crippen LogP contribution < -0.4 is 21.0 Å². The van der Waals surface area contributed by atoms with Gasteiger partial charge in [0.05, 0.1) is 18.4 Å². The normalized spacial score (nSPS) is 11.8. The topological polar surface area (TPSA) is 101 Å². The maximum atomic E-state index is 11.7. The average Bonchev–Trinajstić information content (AvgIpc) is 2.71. The monoisotopic (exact) mass is 359 g/mol. The number of benzene rings is 3. The molecule has 6 heteroatoms. The van der Waals surface area contributed by atoms with Gasteiger partial charge in [0.15, 0.2) is 0 Å². The number of carbonyl (C=O) groups excluding carboxylic acids is 1. The third-order valence-electron chi connectivity index (χ3n) is 4.48. The first-order valence-corrected chi connectivity index (χ1v) is 8.21. The second kappa shape index (κ2) is 6.49. The molecular formula is C21H15N2O4-. The number of nitrogens with two attached hydrogens (primary N) is 1. The third kappa shape index (κ3) is 2.77. The summed E-state index contributed by atoms with van der Waals surface area (Å²) in [7, 11) is 1.57. The molecule has 27 heavy (non-hydrogen) atoms. The highest BCUT2D eigenvalue weighted by Gasteiger charge is 2.19. The van der Waals surface area contributed by atoms with Crippen LogP contribution in [-0.2, 0) is 0 Å². The first-order chi connectivity index (χ1) is 13.1. The van der Waals surface area contributed by atoms with Crippen LogP contribution >= 0.6 is 0 Å². The molecule has 1 heterocycles. The van der Waals surface area contributed by atoms with E-state index < -0.39 is 5.97 Å². The van der Waals surface area contributed by atoms with Gasteiger partial charge in [0.25, 0.3) is 0 Å². The summed E-state index contributed by atoms with van der Waals surface area (Å²) in [6.07, 6.45) is 0. The van der Waals surface area contributed by atoms with Gasteiger partial charge in [-0.15, -0.1) is 0 Å². The zero-order valence-corrected chi connectivity index (χ0v) is 14.4. The number of carboxylic acids is 1. The van der Waals surface area contributed by atoms with Crippen molar-refractivity contribution in [3.8, 4) is 28.2 Å². The van der Waals surface area contributed by atoms with Gasteiger partial charge >= 0.3 is 0 Å². The number of aromatic carboxylic acids is 1. The summed E-state index contributed by atoms with van der Waals surface area (Å²) >= 11 is 0. The predicted molar refractivity (Wildman–Crippen MR) is 98.9 cm³/mol. The number of fused-ring (bicyclic) bond motifs is 2. The van der Waals surface area contributed by atoms with Crippen LogP contribution in [0.5, 0.6) is 5.75 Å². The molecule has 6 nitrogen and oxygen atoms in total. The van der Waals surface area contributed by atoms with Crippen molar-refractivity contribution in [3.63, 3.8) is 0 Å². The fourth-order valence-corrected chi connectivity index (χ4v) is 3.24. The predicted octanol–water partition coefficient (Wildman–Crippen LogP) is 2.35. The maximum Gasteiger partial charge on any atom is 0.139 e. The Hall–Kier alpha value is -3.80. The van der Waals surface area contributed by atoms with Crippen LogP contribution in [0.2, 0.25) is 0 Å². The average molecular weight is 359 g/mol. The molecule has 0 atom stereocenters. The fraction of sp³-hybridized carbons (Fsp3) is 0.0476. The zero-order chi connectivity index (χ0) is 19.0. The van der Waals surface area contributed by atoms with E-state index in [4.69, 9.17) is 15.0 Å². The van der Waals surface area contributed by atoms with E-state index in [2.05, 4.69) is 5.10 Å². The van der Waals surface area contributed by atoms with Crippen molar-refractivity contribution in [2.45, 2.75) is 0 Å². The number of hydrogen-bond donors (Lipinski definition) is 1. The largest absolute Gasteiger partial charge is 0.545 e. The lowest BCUT2D eigenvalue weighted by Gasteiger charge is -2.18. The molecular weight excluding hydrogens is 344 g/mol. The summed E-state index contributed by atoms with van der Waals surface area (Å²) in [5, 5.41) is 16.7. The molecule has 0 saturated carbocycles. The Bertz CT molecular complexity index is 1210. The standard InChI is InChI=1S/C21H16N2O4/c1-26-13-7-9-17-19(11-13)27-18-10-12(23-22)6-8-16(18)20(17)14-4-2-3-5-15(14)21(24)25/h2-11H,22H2,1H3,(H,24,25)/p-1/b23-12+. The molecule has 0 unspecified atom stereocenters. The molecule has 0 radical (unpaired) electrons. The minimum atomic E-state index is -1.24. The second-order valence-electron chi connectivity index (χ2n) is 5.98. The molecule has 0 aromatic heterocycles. The summed E-state index contributed by atoms with van der Waals surface area (Å²) in [5.41, 5.74) is 2.69. The highest BCUT2D eigenvalue weighted by molar-refractivity contribution is 6.07. The lowest BCUT2D eigenvalue weighted by Crippen LogP contribution is -2.23. The van der Waals surface area contributed by atoms with Gasteiger partial charge in [0.2, 0.25) is 0 Å². The number of carbonyl (C=O) groups is 1. The molecule has 2 N–H and O–H groups in total. The Morgan fingerprint density at radius 1 is 1.07 bits per heavy atom. The van der Waals surface area contributed by atoms with E-state index in [-0.39, 0.29) is 5.56 Å². The summed E-state index contributed by atoms with van der Waals surface area (Å²) in [4.78, 5) is 11.7. The van der Waals surface area contributed by atoms with Crippen molar-refractivity contribution in [2.24, 2.45) is 10.9 Å². The lowest BCUT2D eigenvalue weighted by molar-refractivity contribution is -0.254. The first kappa shape index (κ1) is 16.7. The minimum absolute atomic E-state index is 0.106. The number of nitrogens with zero attached hydrogens (tertiary/aromatic N) is 1. The maximum absolute atomic E-state index is 11.7. The molecule has 0 bridgehead atoms. The molecule has 0 spiro atoms. The number of hydrogen-bond acceptors (Lipinski definition) is 6. The Kier molecular flexibility index (Phi) is 4.01. The smallest absolute Gasteiger partial charge is 0.139 e. The Labute approximate surface area is 154 Å². The van der Waals surface area contributed by atoms with Crippen LogP contribution in [0.1, 0.15) is 10.4 Å². The van der Waals surface area contributed by atoms with Gasteiger partial charge in [-0.2, -0.15) is 5.10 Å². The van der Waals surface area contributed by atoms with Gasteiger partial charge in [-0.05, 0) is 29.8 Å². The summed E-state index contributed by atoms with van der Waals surface area (Å²) in [6.45, 7) is 0. The lowest BCUT2D eigenvalue weighted by atomic mass is 9.91. The molecule has 0 saturated heterocycles. The van der Waals surface area contributed by atoms with Gasteiger partial charge in [-0.1, -0.05) is 24.3 Å². The van der Waals surface area contributed by atoms with Crippen LogP contribution in [-0.4, -0.2) is 13.1 Å². The molecule has 134 valence electrons. The van der Waals surface area contributed by atoms with Crippen molar-refractivity contribution >= 4 is 16.9 Å². The molecule has 2 aromatic rings. The van der Waals surface area contributed by atoms with Gasteiger partial charge < -0.3 is 24.9 Å². The Morgan fingerprint density at radius 2 is 1.89 bits per heavy atom. The second-order valence-corrected chi connectivity index (χ2v) is 5.98. The Balaban J connectivity index is 2.19. The Morgan fingerprint density at radius 3 is 2.63 bits per heavy atom. The molecule has 0 fully saturated rings. The number of carboxylic acid groups (broad SMARTS) is 1. The van der Waals surface area contributed by atoms with Crippen LogP contribution in [0.15, 0.2) is 70.2 Å². The van der Waals surface area contributed by atoms with E-state index in [1.54, 1.807) is 49.6 Å². The highest BCUT2D eigenvalue weighted by atomic mass is 16.5. The van der Waals surface area contributed by atoms with E-state index in [0.29, 0.717) is 28.0 Å². The molecule has 1 aliphatic carbocycles. The van der Waals surface area contributed by atoms with E-state index in [1.807, 2.05) is 12.1 Å². The van der Waals surface area contributed by atoms with Crippen LogP contribution in [0, 0.1) is 0 Å². The number of methoxy groups -OCH3 is 1. The van der Waals surface area contributed by atoms with Crippen molar-refractivity contribution in [2.75, 3.05) is 7.11 Å². The number of rotatable bonds is 3. The van der Waals surface area contributed by atoms with E-state index in [0.717, 1.165) is 16.5 Å². The first-order valence-electron chi connectivity index (χ1n) is 8.21. The third-order valence-corrected chi connectivity index (χ3v) is 4.48. The van der Waals surface area contributed by atoms with Crippen molar-refractivity contribution in [1.82, 2.24) is 0 Å². The van der Waals surface area contributed by atoms with Crippen LogP contribution in [0.4, 0.5) is 0 Å². The van der Waals surface area contributed by atoms with Crippen molar-refractivity contribution in [3.05, 3.63) is 71.6 Å². The molecule has 2 aliphatic rings. The quantitative estimate of drug-likeness (QED) is 0.344. The molecule has 2 aromatic carbocycles. The highest BCUT2D eigenvalue weighted by Crippen LogP contribution is 2.41. The SMILES string of the molecule is COc1ccc2c(-c3ccccc3C(=O)[O-])c3cc/c(=N\N)cc-3oc2c1. The fourth-order valence-electron chi connectivity index (χ4n) is 3.24. The zero-order valence-electron chi connectivity index (χ0n) is 14.4. The molecule has 1 aliphatic heterocycles. The van der Waals surface area contributed by atoms with Crippen molar-refractivity contribution in [1.29, 1.82) is 0 Å². The van der Waals surface area contributed by atoms with Gasteiger partial charge in [0, 0.05) is 34.2 Å². The van der Waals surface area contributed by atoms with Crippen LogP contribution in [0.25, 0.3) is 33.4 Å².